The number of benzene rings is 2. The molecule has 2 aromatic carbocycles. The van der Waals surface area contributed by atoms with Crippen LogP contribution in [0.15, 0.2) is 42.5 Å². The molecule has 0 radical (unpaired) electrons. The molecule has 1 atom stereocenters. The number of hydrogen-bond acceptors (Lipinski definition) is 3. The number of hydrogen-bond donors (Lipinski definition) is 2. The van der Waals surface area contributed by atoms with E-state index in [0.29, 0.717) is 6.54 Å². The first-order chi connectivity index (χ1) is 10.5. The van der Waals surface area contributed by atoms with Gasteiger partial charge in [-0.05, 0) is 30.4 Å². The predicted molar refractivity (Wildman–Crippen MR) is 87.5 cm³/mol. The van der Waals surface area contributed by atoms with Gasteiger partial charge in [0.15, 0.2) is 0 Å². The molecule has 2 rings (SSSR count). The average Bonchev–Trinajstić information content (AvgIpc) is 2.53. The number of rotatable bonds is 4. The van der Waals surface area contributed by atoms with Crippen molar-refractivity contribution < 1.29 is 9.59 Å². The predicted octanol–water partition coefficient (Wildman–Crippen LogP) is 1.30. The molecule has 5 heteroatoms. The van der Waals surface area contributed by atoms with Crippen molar-refractivity contribution in [3.8, 4) is 0 Å². The highest BCUT2D eigenvalue weighted by Crippen LogP contribution is 2.26. The van der Waals surface area contributed by atoms with Crippen molar-refractivity contribution in [3.63, 3.8) is 0 Å². The van der Waals surface area contributed by atoms with E-state index in [1.165, 1.54) is 7.05 Å². The van der Waals surface area contributed by atoms with Crippen LogP contribution in [0.5, 0.6) is 0 Å². The third-order valence-corrected chi connectivity index (χ3v) is 3.69. The van der Waals surface area contributed by atoms with E-state index in [4.69, 9.17) is 0 Å². The third-order valence-electron chi connectivity index (χ3n) is 3.69. The molecule has 0 unspecified atom stereocenters. The third kappa shape index (κ3) is 3.43. The standard InChI is InChI=1S/C17H21N3O2/c1-18-16(21)17(22)19-11-15(20(2)3)14-10-6-8-12-7-4-5-9-13(12)14/h4-10,15H,11H2,1-3H3,(H,18,21)(H,19,22)/t15-/m0/s1. The van der Waals surface area contributed by atoms with Gasteiger partial charge in [0.2, 0.25) is 0 Å². The molecule has 5 nitrogen and oxygen atoms in total. The summed E-state index contributed by atoms with van der Waals surface area (Å²) in [4.78, 5) is 25.0. The summed E-state index contributed by atoms with van der Waals surface area (Å²) in [7, 11) is 5.35. The highest BCUT2D eigenvalue weighted by molar-refractivity contribution is 6.35. The lowest BCUT2D eigenvalue weighted by molar-refractivity contribution is -0.139. The van der Waals surface area contributed by atoms with Crippen molar-refractivity contribution in [1.82, 2.24) is 15.5 Å². The maximum Gasteiger partial charge on any atom is 0.309 e. The summed E-state index contributed by atoms with van der Waals surface area (Å²) in [5, 5.41) is 7.32. The summed E-state index contributed by atoms with van der Waals surface area (Å²) in [6, 6.07) is 14.3. The molecule has 0 aliphatic rings. The normalized spacial score (nSPS) is 12.2. The van der Waals surface area contributed by atoms with Gasteiger partial charge in [0.1, 0.15) is 0 Å². The Labute approximate surface area is 130 Å². The van der Waals surface area contributed by atoms with Crippen LogP contribution >= 0.6 is 0 Å². The Balaban J connectivity index is 2.27. The number of carbonyl (C=O) groups excluding carboxylic acids is 2. The fourth-order valence-corrected chi connectivity index (χ4v) is 2.49. The summed E-state index contributed by atoms with van der Waals surface area (Å²) in [5.74, 6) is -1.25. The van der Waals surface area contributed by atoms with E-state index in [-0.39, 0.29) is 6.04 Å². The van der Waals surface area contributed by atoms with Crippen LogP contribution in [-0.2, 0) is 9.59 Å². The summed E-state index contributed by atoms with van der Waals surface area (Å²) in [6.45, 7) is 0.368. The van der Waals surface area contributed by atoms with E-state index in [1.807, 2.05) is 37.2 Å². The molecule has 0 aliphatic heterocycles. The Bertz CT molecular complexity index is 677. The first-order valence-electron chi connectivity index (χ1n) is 7.18. The zero-order chi connectivity index (χ0) is 16.1. The Hall–Kier alpha value is -2.40. The molecule has 0 aliphatic carbocycles. The zero-order valence-corrected chi connectivity index (χ0v) is 13.1. The molecule has 0 bridgehead atoms. The first kappa shape index (κ1) is 16.0. The second-order valence-electron chi connectivity index (χ2n) is 5.34. The topological polar surface area (TPSA) is 61.4 Å². The lowest BCUT2D eigenvalue weighted by Crippen LogP contribution is -2.42. The van der Waals surface area contributed by atoms with Crippen LogP contribution in [0.4, 0.5) is 0 Å². The lowest BCUT2D eigenvalue weighted by Gasteiger charge is -2.26. The van der Waals surface area contributed by atoms with E-state index >= 15 is 0 Å². The first-order valence-corrected chi connectivity index (χ1v) is 7.18. The van der Waals surface area contributed by atoms with Gasteiger partial charge < -0.3 is 15.5 Å². The Morgan fingerprint density at radius 1 is 1.05 bits per heavy atom. The number of nitrogens with zero attached hydrogens (tertiary/aromatic N) is 1. The second-order valence-corrected chi connectivity index (χ2v) is 5.34. The van der Waals surface area contributed by atoms with E-state index in [9.17, 15) is 9.59 Å². The largest absolute Gasteiger partial charge is 0.351 e. The van der Waals surface area contributed by atoms with E-state index < -0.39 is 11.8 Å². The van der Waals surface area contributed by atoms with E-state index in [1.54, 1.807) is 0 Å². The van der Waals surface area contributed by atoms with Crippen LogP contribution in [0, 0.1) is 0 Å². The van der Waals surface area contributed by atoms with Crippen molar-refractivity contribution in [2.75, 3.05) is 27.7 Å². The van der Waals surface area contributed by atoms with Gasteiger partial charge in [-0.25, -0.2) is 0 Å². The summed E-state index contributed by atoms with van der Waals surface area (Å²) in [6.07, 6.45) is 0. The zero-order valence-electron chi connectivity index (χ0n) is 13.1. The van der Waals surface area contributed by atoms with E-state index in [2.05, 4.69) is 34.9 Å². The van der Waals surface area contributed by atoms with Crippen molar-refractivity contribution in [3.05, 3.63) is 48.0 Å². The average molecular weight is 299 g/mol. The SMILES string of the molecule is CNC(=O)C(=O)NC[C@@H](c1cccc2ccccc12)N(C)C. The summed E-state index contributed by atoms with van der Waals surface area (Å²) >= 11 is 0. The molecule has 0 heterocycles. The Morgan fingerprint density at radius 3 is 2.41 bits per heavy atom. The number of carbonyl (C=O) groups is 2. The van der Waals surface area contributed by atoms with Gasteiger partial charge >= 0.3 is 11.8 Å². The minimum absolute atomic E-state index is 0.0142. The smallest absolute Gasteiger partial charge is 0.309 e. The monoisotopic (exact) mass is 299 g/mol. The van der Waals surface area contributed by atoms with Crippen molar-refractivity contribution in [1.29, 1.82) is 0 Å². The van der Waals surface area contributed by atoms with Gasteiger partial charge in [-0.1, -0.05) is 42.5 Å². The molecule has 0 saturated carbocycles. The number of fused-ring (bicyclic) bond motifs is 1. The number of likely N-dealkylation sites (N-methyl/N-ethyl adjacent to an activating group) is 2. The molecular weight excluding hydrogens is 278 g/mol. The fourth-order valence-electron chi connectivity index (χ4n) is 2.49. The molecule has 116 valence electrons. The Morgan fingerprint density at radius 2 is 1.73 bits per heavy atom. The molecule has 2 N–H and O–H groups in total. The fraction of sp³-hybridized carbons (Fsp3) is 0.294. The van der Waals surface area contributed by atoms with Crippen LogP contribution in [0.1, 0.15) is 11.6 Å². The molecule has 2 amide bonds. The van der Waals surface area contributed by atoms with Crippen molar-refractivity contribution in [2.24, 2.45) is 0 Å². The Kier molecular flexibility index (Phi) is 5.12. The van der Waals surface area contributed by atoms with Crippen molar-refractivity contribution in [2.45, 2.75) is 6.04 Å². The van der Waals surface area contributed by atoms with Gasteiger partial charge in [-0.2, -0.15) is 0 Å². The van der Waals surface area contributed by atoms with Gasteiger partial charge in [0.25, 0.3) is 0 Å². The molecule has 0 saturated heterocycles. The van der Waals surface area contributed by atoms with Crippen LogP contribution in [0.25, 0.3) is 10.8 Å². The number of amides is 2. The quantitative estimate of drug-likeness (QED) is 0.837. The highest BCUT2D eigenvalue weighted by atomic mass is 16.2. The minimum Gasteiger partial charge on any atom is -0.351 e. The molecule has 0 aromatic heterocycles. The summed E-state index contributed by atoms with van der Waals surface area (Å²) < 4.78 is 0. The van der Waals surface area contributed by atoms with Crippen LogP contribution in [-0.4, -0.2) is 44.4 Å². The summed E-state index contributed by atoms with van der Waals surface area (Å²) in [5.41, 5.74) is 1.13. The van der Waals surface area contributed by atoms with Gasteiger partial charge in [-0.15, -0.1) is 0 Å². The van der Waals surface area contributed by atoms with Gasteiger partial charge in [-0.3, -0.25) is 9.59 Å². The molecule has 2 aromatic rings. The van der Waals surface area contributed by atoms with Gasteiger partial charge in [0, 0.05) is 13.6 Å². The van der Waals surface area contributed by atoms with Gasteiger partial charge in [0.05, 0.1) is 6.04 Å². The maximum atomic E-state index is 11.7. The van der Waals surface area contributed by atoms with Crippen LogP contribution in [0.3, 0.4) is 0 Å². The highest BCUT2D eigenvalue weighted by Gasteiger charge is 2.19. The van der Waals surface area contributed by atoms with Crippen molar-refractivity contribution >= 4 is 22.6 Å². The minimum atomic E-state index is -0.629. The second kappa shape index (κ2) is 7.04. The maximum absolute atomic E-state index is 11.7. The van der Waals surface area contributed by atoms with E-state index in [0.717, 1.165) is 16.3 Å². The lowest BCUT2D eigenvalue weighted by atomic mass is 9.98. The van der Waals surface area contributed by atoms with Crippen LogP contribution in [0.2, 0.25) is 0 Å². The van der Waals surface area contributed by atoms with Crippen LogP contribution < -0.4 is 10.6 Å². The molecule has 22 heavy (non-hydrogen) atoms. The molecule has 0 fully saturated rings. The molecule has 0 spiro atoms. The number of nitrogens with one attached hydrogen (secondary N) is 2. The molecular formula is C17H21N3O2.